The Morgan fingerprint density at radius 3 is 2.78 bits per heavy atom. The van der Waals surface area contributed by atoms with E-state index < -0.39 is 5.91 Å². The van der Waals surface area contributed by atoms with Gasteiger partial charge in [0.2, 0.25) is 5.91 Å². The molecule has 0 aliphatic heterocycles. The van der Waals surface area contributed by atoms with E-state index in [0.29, 0.717) is 28.0 Å². The lowest BCUT2D eigenvalue weighted by Crippen LogP contribution is -2.31. The monoisotopic (exact) mass is 367 g/mol. The molecule has 1 aliphatic rings. The van der Waals surface area contributed by atoms with Gasteiger partial charge in [0.15, 0.2) is 0 Å². The van der Waals surface area contributed by atoms with Gasteiger partial charge in [0.05, 0.1) is 10.9 Å². The third-order valence-electron chi connectivity index (χ3n) is 4.51. The third kappa shape index (κ3) is 3.67. The number of rotatable bonds is 6. The van der Waals surface area contributed by atoms with Gasteiger partial charge in [-0.1, -0.05) is 12.1 Å². The number of halogens is 1. The molecule has 2 aromatic carbocycles. The van der Waals surface area contributed by atoms with Crippen LogP contribution >= 0.6 is 0 Å². The Hall–Kier alpha value is -3.22. The molecule has 3 aromatic rings. The van der Waals surface area contributed by atoms with E-state index in [1.165, 1.54) is 16.7 Å². The minimum atomic E-state index is -0.574. The lowest BCUT2D eigenvalue weighted by atomic mass is 10.2. The number of aromatic nitrogens is 2. The number of carbonyl (C=O) groups excluding carboxylic acids is 1. The van der Waals surface area contributed by atoms with E-state index in [0.717, 1.165) is 12.8 Å². The Kier molecular flexibility index (Phi) is 4.35. The van der Waals surface area contributed by atoms with Gasteiger partial charge < -0.3 is 10.5 Å². The number of nitrogens with two attached hydrogens (primary N) is 1. The summed E-state index contributed by atoms with van der Waals surface area (Å²) in [6, 6.07) is 11.2. The molecule has 1 aromatic heterocycles. The number of primary amides is 1. The van der Waals surface area contributed by atoms with Crippen LogP contribution in [0.15, 0.2) is 47.3 Å². The maximum absolute atomic E-state index is 13.3. The minimum absolute atomic E-state index is 0.175. The quantitative estimate of drug-likeness (QED) is 0.725. The molecule has 0 bridgehead atoms. The molecule has 138 valence electrons. The summed E-state index contributed by atoms with van der Waals surface area (Å²) >= 11 is 0. The number of fused-ring (bicyclic) bond motifs is 1. The summed E-state index contributed by atoms with van der Waals surface area (Å²) in [4.78, 5) is 28.7. The first-order valence-corrected chi connectivity index (χ1v) is 8.71. The molecule has 1 saturated carbocycles. The molecule has 0 radical (unpaired) electrons. The zero-order valence-corrected chi connectivity index (χ0v) is 14.5. The molecule has 0 unspecified atom stereocenters. The van der Waals surface area contributed by atoms with E-state index >= 15 is 0 Å². The van der Waals surface area contributed by atoms with E-state index in [9.17, 15) is 14.0 Å². The number of nitrogens with zero attached hydrogens (tertiary/aromatic N) is 2. The molecule has 6 nitrogen and oxygen atoms in total. The molecular weight excluding hydrogens is 349 g/mol. The molecule has 1 fully saturated rings. The zero-order chi connectivity index (χ0) is 19.0. The Labute approximate surface area is 154 Å². The average Bonchev–Trinajstić information content (AvgIpc) is 3.47. The fraction of sp³-hybridized carbons (Fsp3) is 0.250. The van der Waals surface area contributed by atoms with Crippen molar-refractivity contribution in [1.82, 2.24) is 9.55 Å². The van der Waals surface area contributed by atoms with Crippen LogP contribution in [0.3, 0.4) is 0 Å². The smallest absolute Gasteiger partial charge is 0.261 e. The van der Waals surface area contributed by atoms with Crippen molar-refractivity contribution in [1.29, 1.82) is 0 Å². The number of carbonyl (C=O) groups is 1. The standard InChI is InChI=1S/C20H18FN3O3/c21-14-3-1-2-12(8-14)11-27-15-6-7-16-17(9-15)23-19(13-4-5-13)24(20(16)26)10-18(22)25/h1-3,6-9,13H,4-5,10-11H2,(H2,22,25). The second-order valence-corrected chi connectivity index (χ2v) is 6.70. The lowest BCUT2D eigenvalue weighted by Gasteiger charge is -2.12. The first-order valence-electron chi connectivity index (χ1n) is 8.71. The van der Waals surface area contributed by atoms with Crippen molar-refractivity contribution in [3.63, 3.8) is 0 Å². The molecule has 0 saturated heterocycles. The van der Waals surface area contributed by atoms with Gasteiger partial charge in [0, 0.05) is 12.0 Å². The SMILES string of the molecule is NC(=O)Cn1c(C2CC2)nc2cc(OCc3cccc(F)c3)ccc2c1=O. The van der Waals surface area contributed by atoms with Crippen molar-refractivity contribution >= 4 is 16.8 Å². The van der Waals surface area contributed by atoms with Crippen molar-refractivity contribution in [2.75, 3.05) is 0 Å². The van der Waals surface area contributed by atoms with Crippen LogP contribution in [-0.4, -0.2) is 15.5 Å². The van der Waals surface area contributed by atoms with Crippen LogP contribution in [0.2, 0.25) is 0 Å². The van der Waals surface area contributed by atoms with Crippen LogP contribution in [0.25, 0.3) is 10.9 Å². The predicted molar refractivity (Wildman–Crippen MR) is 97.9 cm³/mol. The summed E-state index contributed by atoms with van der Waals surface area (Å²) in [6.45, 7) is 0.0307. The third-order valence-corrected chi connectivity index (χ3v) is 4.51. The second kappa shape index (κ2) is 6.83. The highest BCUT2D eigenvalue weighted by Crippen LogP contribution is 2.39. The van der Waals surface area contributed by atoms with Crippen LogP contribution < -0.4 is 16.0 Å². The molecule has 7 heteroatoms. The fourth-order valence-corrected chi connectivity index (χ4v) is 3.06. The van der Waals surface area contributed by atoms with E-state index in [4.69, 9.17) is 10.5 Å². The van der Waals surface area contributed by atoms with Crippen LogP contribution in [-0.2, 0) is 17.9 Å². The summed E-state index contributed by atoms with van der Waals surface area (Å²) in [5, 5.41) is 0.402. The number of amides is 1. The predicted octanol–water partition coefficient (Wildman–Crippen LogP) is 2.48. The molecule has 4 rings (SSSR count). The summed E-state index contributed by atoms with van der Waals surface area (Å²) in [5.41, 5.74) is 6.22. The highest BCUT2D eigenvalue weighted by Gasteiger charge is 2.29. The van der Waals surface area contributed by atoms with E-state index in [1.807, 2.05) is 0 Å². The maximum atomic E-state index is 13.3. The maximum Gasteiger partial charge on any atom is 0.261 e. The Morgan fingerprint density at radius 2 is 2.07 bits per heavy atom. The molecule has 1 heterocycles. The van der Waals surface area contributed by atoms with Gasteiger partial charge in [-0.05, 0) is 42.7 Å². The van der Waals surface area contributed by atoms with Gasteiger partial charge in [0.1, 0.15) is 30.5 Å². The second-order valence-electron chi connectivity index (χ2n) is 6.70. The lowest BCUT2D eigenvalue weighted by molar-refractivity contribution is -0.118. The summed E-state index contributed by atoms with van der Waals surface area (Å²) in [5.74, 6) is 0.413. The van der Waals surface area contributed by atoms with Crippen molar-refractivity contribution in [3.05, 3.63) is 70.0 Å². The number of hydrogen-bond donors (Lipinski definition) is 1. The summed E-state index contributed by atoms with van der Waals surface area (Å²) in [6.07, 6.45) is 1.87. The molecule has 1 amide bonds. The van der Waals surface area contributed by atoms with Gasteiger partial charge in [0.25, 0.3) is 5.56 Å². The molecule has 0 spiro atoms. The molecule has 2 N–H and O–H groups in total. The molecule has 27 heavy (non-hydrogen) atoms. The summed E-state index contributed by atoms with van der Waals surface area (Å²) < 4.78 is 20.4. The largest absolute Gasteiger partial charge is 0.489 e. The Balaban J connectivity index is 1.67. The molecule has 0 atom stereocenters. The average molecular weight is 367 g/mol. The van der Waals surface area contributed by atoms with Gasteiger partial charge in [-0.15, -0.1) is 0 Å². The Morgan fingerprint density at radius 1 is 1.26 bits per heavy atom. The van der Waals surface area contributed by atoms with Gasteiger partial charge in [-0.25, -0.2) is 9.37 Å². The van der Waals surface area contributed by atoms with Crippen LogP contribution in [0.5, 0.6) is 5.75 Å². The van der Waals surface area contributed by atoms with Gasteiger partial charge >= 0.3 is 0 Å². The van der Waals surface area contributed by atoms with Crippen molar-refractivity contribution in [2.45, 2.75) is 31.9 Å². The van der Waals surface area contributed by atoms with Crippen molar-refractivity contribution in [2.24, 2.45) is 5.73 Å². The first-order chi connectivity index (χ1) is 13.0. The molecule has 1 aliphatic carbocycles. The topological polar surface area (TPSA) is 87.2 Å². The normalized spacial score (nSPS) is 13.7. The fourth-order valence-electron chi connectivity index (χ4n) is 3.06. The van der Waals surface area contributed by atoms with Crippen LogP contribution in [0.4, 0.5) is 4.39 Å². The molecular formula is C20H18FN3O3. The van der Waals surface area contributed by atoms with Gasteiger partial charge in [-0.2, -0.15) is 0 Å². The number of hydrogen-bond acceptors (Lipinski definition) is 4. The minimum Gasteiger partial charge on any atom is -0.489 e. The highest BCUT2D eigenvalue weighted by molar-refractivity contribution is 5.80. The highest BCUT2D eigenvalue weighted by atomic mass is 19.1. The van der Waals surface area contributed by atoms with Crippen molar-refractivity contribution < 1.29 is 13.9 Å². The van der Waals surface area contributed by atoms with Crippen molar-refractivity contribution in [3.8, 4) is 5.75 Å². The number of benzene rings is 2. The zero-order valence-electron chi connectivity index (χ0n) is 14.5. The van der Waals surface area contributed by atoms with E-state index in [2.05, 4.69) is 4.98 Å². The number of ether oxygens (including phenoxy) is 1. The first kappa shape index (κ1) is 17.2. The van der Waals surface area contributed by atoms with Gasteiger partial charge in [-0.3, -0.25) is 14.2 Å². The van der Waals surface area contributed by atoms with E-state index in [1.54, 1.807) is 30.3 Å². The summed E-state index contributed by atoms with van der Waals surface area (Å²) in [7, 11) is 0. The van der Waals surface area contributed by atoms with E-state index in [-0.39, 0.29) is 30.4 Å². The van der Waals surface area contributed by atoms with Crippen LogP contribution in [0, 0.1) is 5.82 Å². The Bertz CT molecular complexity index is 1090. The van der Waals surface area contributed by atoms with Crippen LogP contribution in [0.1, 0.15) is 30.1 Å².